The maximum atomic E-state index is 11.8. The van der Waals surface area contributed by atoms with Crippen LogP contribution in [0.25, 0.3) is 0 Å². The van der Waals surface area contributed by atoms with Gasteiger partial charge >= 0.3 is 5.97 Å². The molecule has 0 saturated heterocycles. The zero-order valence-electron chi connectivity index (χ0n) is 12.9. The molecule has 0 radical (unpaired) electrons. The van der Waals surface area contributed by atoms with E-state index in [9.17, 15) is 23.1 Å². The van der Waals surface area contributed by atoms with Gasteiger partial charge in [-0.3, -0.25) is 9.59 Å². The predicted molar refractivity (Wildman–Crippen MR) is 83.3 cm³/mol. The second-order valence-electron chi connectivity index (χ2n) is 5.38. The Bertz CT molecular complexity index is 654. The molecule has 0 fully saturated rings. The van der Waals surface area contributed by atoms with Crippen molar-refractivity contribution in [1.29, 1.82) is 0 Å². The largest absolute Gasteiger partial charge is 0.481 e. The highest BCUT2D eigenvalue weighted by molar-refractivity contribution is 7.92. The summed E-state index contributed by atoms with van der Waals surface area (Å²) in [7, 11) is -3.50. The summed E-state index contributed by atoms with van der Waals surface area (Å²) in [5.41, 5.74) is 1.87. The summed E-state index contributed by atoms with van der Waals surface area (Å²) in [6, 6.07) is 7.42. The lowest BCUT2D eigenvalue weighted by molar-refractivity contribution is -0.141. The van der Waals surface area contributed by atoms with E-state index in [0.29, 0.717) is 0 Å². The van der Waals surface area contributed by atoms with Crippen molar-refractivity contribution in [2.75, 3.05) is 12.8 Å². The van der Waals surface area contributed by atoms with E-state index in [0.717, 1.165) is 17.4 Å². The number of carboxylic acid groups (broad SMARTS) is 1. The van der Waals surface area contributed by atoms with Crippen LogP contribution >= 0.6 is 0 Å². The second kappa shape index (κ2) is 7.40. The number of nitrogens with one attached hydrogen (secondary N) is 1. The molecule has 0 bridgehead atoms. The molecule has 1 aromatic rings. The fourth-order valence-electron chi connectivity index (χ4n) is 1.91. The van der Waals surface area contributed by atoms with E-state index in [1.54, 1.807) is 0 Å². The standard InChI is InChI=1S/C15H21NO5S/c1-10-6-4-5-7-12(10)8-13(15(18)19)9-16-14(17)11(2)22(3,20)21/h4-7,11,13H,8-9H2,1-3H3,(H,16,17)(H,18,19). The van der Waals surface area contributed by atoms with Crippen LogP contribution < -0.4 is 5.32 Å². The average molecular weight is 327 g/mol. The number of aryl methyl sites for hydroxylation is 1. The number of aliphatic carboxylic acids is 1. The fourth-order valence-corrected chi connectivity index (χ4v) is 2.39. The molecule has 1 amide bonds. The van der Waals surface area contributed by atoms with Gasteiger partial charge in [0.15, 0.2) is 9.84 Å². The van der Waals surface area contributed by atoms with Crippen molar-refractivity contribution in [3.8, 4) is 0 Å². The Hall–Kier alpha value is -1.89. The number of benzene rings is 1. The van der Waals surface area contributed by atoms with Crippen LogP contribution in [0.15, 0.2) is 24.3 Å². The number of hydrogen-bond acceptors (Lipinski definition) is 4. The minimum absolute atomic E-state index is 0.109. The summed E-state index contributed by atoms with van der Waals surface area (Å²) in [4.78, 5) is 23.1. The molecule has 0 heterocycles. The van der Waals surface area contributed by atoms with Crippen LogP contribution in [-0.2, 0) is 25.8 Å². The third kappa shape index (κ3) is 5.14. The maximum absolute atomic E-state index is 11.8. The lowest BCUT2D eigenvalue weighted by atomic mass is 9.96. The van der Waals surface area contributed by atoms with Gasteiger partial charge < -0.3 is 10.4 Å². The topological polar surface area (TPSA) is 101 Å². The van der Waals surface area contributed by atoms with Gasteiger partial charge in [0.05, 0.1) is 5.92 Å². The average Bonchev–Trinajstić information content (AvgIpc) is 2.42. The molecule has 122 valence electrons. The van der Waals surface area contributed by atoms with Crippen molar-refractivity contribution < 1.29 is 23.1 Å². The third-order valence-corrected chi connectivity index (χ3v) is 5.11. The number of carboxylic acids is 1. The number of amides is 1. The SMILES string of the molecule is Cc1ccccc1CC(CNC(=O)C(C)S(C)(=O)=O)C(=O)O. The number of carbonyl (C=O) groups excluding carboxylic acids is 1. The Balaban J connectivity index is 2.72. The Morgan fingerprint density at radius 1 is 1.27 bits per heavy atom. The van der Waals surface area contributed by atoms with Crippen LogP contribution in [0.1, 0.15) is 18.1 Å². The molecule has 0 spiro atoms. The summed E-state index contributed by atoms with van der Waals surface area (Å²) >= 11 is 0. The summed E-state index contributed by atoms with van der Waals surface area (Å²) < 4.78 is 22.6. The van der Waals surface area contributed by atoms with Crippen molar-refractivity contribution in [2.45, 2.75) is 25.5 Å². The van der Waals surface area contributed by atoms with Gasteiger partial charge in [0.1, 0.15) is 5.25 Å². The third-order valence-electron chi connectivity index (χ3n) is 3.61. The predicted octanol–water partition coefficient (Wildman–Crippen LogP) is 0.788. The highest BCUT2D eigenvalue weighted by atomic mass is 32.2. The summed E-state index contributed by atoms with van der Waals surface area (Å²) in [6.07, 6.45) is 1.24. The molecule has 2 N–H and O–H groups in total. The summed E-state index contributed by atoms with van der Waals surface area (Å²) in [5, 5.41) is 10.5. The van der Waals surface area contributed by atoms with Crippen LogP contribution in [0.4, 0.5) is 0 Å². The highest BCUT2D eigenvalue weighted by Gasteiger charge is 2.26. The van der Waals surface area contributed by atoms with Crippen LogP contribution in [0, 0.1) is 12.8 Å². The van der Waals surface area contributed by atoms with E-state index in [-0.39, 0.29) is 13.0 Å². The molecular weight excluding hydrogens is 306 g/mol. The number of rotatable bonds is 7. The molecule has 0 aliphatic heterocycles. The second-order valence-corrected chi connectivity index (χ2v) is 7.75. The Labute approximate surface area is 130 Å². The normalized spacial score (nSPS) is 14.1. The van der Waals surface area contributed by atoms with Gasteiger partial charge in [-0.25, -0.2) is 8.42 Å². The lowest BCUT2D eigenvalue weighted by Gasteiger charge is -2.16. The van der Waals surface area contributed by atoms with E-state index >= 15 is 0 Å². The first kappa shape index (κ1) is 18.2. The highest BCUT2D eigenvalue weighted by Crippen LogP contribution is 2.13. The quantitative estimate of drug-likeness (QED) is 0.771. The van der Waals surface area contributed by atoms with Gasteiger partial charge in [-0.05, 0) is 31.4 Å². The van der Waals surface area contributed by atoms with E-state index in [4.69, 9.17) is 0 Å². The molecule has 2 atom stereocenters. The first-order valence-corrected chi connectivity index (χ1v) is 8.82. The smallest absolute Gasteiger partial charge is 0.308 e. The minimum atomic E-state index is -3.50. The molecule has 22 heavy (non-hydrogen) atoms. The zero-order chi connectivity index (χ0) is 16.9. The van der Waals surface area contributed by atoms with Crippen molar-refractivity contribution >= 4 is 21.7 Å². The molecule has 0 aliphatic carbocycles. The van der Waals surface area contributed by atoms with Crippen molar-refractivity contribution in [3.63, 3.8) is 0 Å². The van der Waals surface area contributed by atoms with Gasteiger partial charge in [0, 0.05) is 12.8 Å². The minimum Gasteiger partial charge on any atom is -0.481 e. The van der Waals surface area contributed by atoms with Crippen LogP contribution in [-0.4, -0.2) is 43.5 Å². The van der Waals surface area contributed by atoms with Crippen LogP contribution in [0.2, 0.25) is 0 Å². The first-order valence-electron chi connectivity index (χ1n) is 6.86. The van der Waals surface area contributed by atoms with Gasteiger partial charge in [0.2, 0.25) is 5.91 Å². The molecular formula is C15H21NO5S. The Kier molecular flexibility index (Phi) is 6.11. The monoisotopic (exact) mass is 327 g/mol. The van der Waals surface area contributed by atoms with Gasteiger partial charge in [-0.2, -0.15) is 0 Å². The van der Waals surface area contributed by atoms with Crippen LogP contribution in [0.5, 0.6) is 0 Å². The van der Waals surface area contributed by atoms with E-state index in [1.807, 2.05) is 31.2 Å². The molecule has 7 heteroatoms. The molecule has 1 aromatic carbocycles. The summed E-state index contributed by atoms with van der Waals surface area (Å²) in [6.45, 7) is 3.06. The van der Waals surface area contributed by atoms with Crippen molar-refractivity contribution in [2.24, 2.45) is 5.92 Å². The zero-order valence-corrected chi connectivity index (χ0v) is 13.7. The number of sulfone groups is 1. The number of hydrogen-bond donors (Lipinski definition) is 2. The lowest BCUT2D eigenvalue weighted by Crippen LogP contribution is -2.41. The molecule has 1 rings (SSSR count). The molecule has 6 nitrogen and oxygen atoms in total. The van der Waals surface area contributed by atoms with E-state index in [2.05, 4.69) is 5.32 Å². The molecule has 0 aliphatic rings. The maximum Gasteiger partial charge on any atom is 0.308 e. The molecule has 2 unspecified atom stereocenters. The van der Waals surface area contributed by atoms with Crippen molar-refractivity contribution in [1.82, 2.24) is 5.32 Å². The van der Waals surface area contributed by atoms with Gasteiger partial charge in [-0.1, -0.05) is 24.3 Å². The first-order chi connectivity index (χ1) is 10.1. The fraction of sp³-hybridized carbons (Fsp3) is 0.467. The van der Waals surface area contributed by atoms with Crippen molar-refractivity contribution in [3.05, 3.63) is 35.4 Å². The molecule has 0 saturated carbocycles. The van der Waals surface area contributed by atoms with E-state index < -0.39 is 32.9 Å². The number of carbonyl (C=O) groups is 2. The van der Waals surface area contributed by atoms with Gasteiger partial charge in [0.25, 0.3) is 0 Å². The van der Waals surface area contributed by atoms with Crippen LogP contribution in [0.3, 0.4) is 0 Å². The summed E-state index contributed by atoms with van der Waals surface area (Å²) in [5.74, 6) is -2.52. The van der Waals surface area contributed by atoms with E-state index in [1.165, 1.54) is 6.92 Å². The van der Waals surface area contributed by atoms with Gasteiger partial charge in [-0.15, -0.1) is 0 Å². The Morgan fingerprint density at radius 2 is 1.86 bits per heavy atom. The molecule has 0 aromatic heterocycles. The Morgan fingerprint density at radius 3 is 2.36 bits per heavy atom.